The molecular weight excluding hydrogens is 202 g/mol. The van der Waals surface area contributed by atoms with Crippen LogP contribution in [0.1, 0.15) is 24.9 Å². The third-order valence-electron chi connectivity index (χ3n) is 2.22. The first-order chi connectivity index (χ1) is 7.69. The molecule has 1 rings (SSSR count). The van der Waals surface area contributed by atoms with Gasteiger partial charge in [0.1, 0.15) is 0 Å². The average Bonchev–Trinajstić information content (AvgIpc) is 2.29. The number of nitrogens with two attached hydrogens (primary N) is 1. The van der Waals surface area contributed by atoms with Crippen LogP contribution in [0.2, 0.25) is 0 Å². The minimum Gasteiger partial charge on any atom is -0.493 e. The standard InChI is InChI=1S/C13H17NO2/c1-4-5-8-16-12-7-6-11(10(2)14)9-13(12)15-3/h1,6-7,9-10H,5,8,14H2,2-3H3/t10-/m0/s1. The number of ether oxygens (including phenoxy) is 2. The Morgan fingerprint density at radius 2 is 2.19 bits per heavy atom. The van der Waals surface area contributed by atoms with Crippen molar-refractivity contribution in [2.75, 3.05) is 13.7 Å². The molecule has 3 nitrogen and oxygen atoms in total. The number of rotatable bonds is 5. The summed E-state index contributed by atoms with van der Waals surface area (Å²) in [7, 11) is 1.61. The van der Waals surface area contributed by atoms with Crippen molar-refractivity contribution in [3.63, 3.8) is 0 Å². The highest BCUT2D eigenvalue weighted by molar-refractivity contribution is 5.43. The van der Waals surface area contributed by atoms with Gasteiger partial charge < -0.3 is 15.2 Å². The average molecular weight is 219 g/mol. The fourth-order valence-electron chi connectivity index (χ4n) is 1.31. The van der Waals surface area contributed by atoms with Crippen LogP contribution in [0.25, 0.3) is 0 Å². The molecule has 16 heavy (non-hydrogen) atoms. The van der Waals surface area contributed by atoms with Gasteiger partial charge in [0.05, 0.1) is 13.7 Å². The minimum atomic E-state index is -0.0198. The molecule has 1 atom stereocenters. The van der Waals surface area contributed by atoms with E-state index in [1.807, 2.05) is 25.1 Å². The van der Waals surface area contributed by atoms with Crippen LogP contribution in [0.5, 0.6) is 11.5 Å². The van der Waals surface area contributed by atoms with Gasteiger partial charge in [-0.25, -0.2) is 0 Å². The van der Waals surface area contributed by atoms with Crippen molar-refractivity contribution in [1.29, 1.82) is 0 Å². The molecule has 1 aromatic carbocycles. The molecule has 86 valence electrons. The van der Waals surface area contributed by atoms with Crippen molar-refractivity contribution < 1.29 is 9.47 Å². The zero-order valence-electron chi connectivity index (χ0n) is 9.69. The first-order valence-corrected chi connectivity index (χ1v) is 5.18. The van der Waals surface area contributed by atoms with Gasteiger partial charge >= 0.3 is 0 Å². The van der Waals surface area contributed by atoms with Gasteiger partial charge in [0, 0.05) is 12.5 Å². The SMILES string of the molecule is C#CCCOc1ccc([C@H](C)N)cc1OC. The van der Waals surface area contributed by atoms with Gasteiger partial charge in [0.15, 0.2) is 11.5 Å². The Hall–Kier alpha value is -1.66. The van der Waals surface area contributed by atoms with E-state index in [4.69, 9.17) is 21.6 Å². The minimum absolute atomic E-state index is 0.0198. The molecule has 2 N–H and O–H groups in total. The second kappa shape index (κ2) is 6.04. The Morgan fingerprint density at radius 1 is 1.44 bits per heavy atom. The maximum atomic E-state index is 5.79. The predicted octanol–water partition coefficient (Wildman–Crippen LogP) is 2.12. The first-order valence-electron chi connectivity index (χ1n) is 5.18. The highest BCUT2D eigenvalue weighted by atomic mass is 16.5. The molecule has 3 heteroatoms. The molecule has 0 unspecified atom stereocenters. The quantitative estimate of drug-likeness (QED) is 0.609. The Labute approximate surface area is 96.6 Å². The molecule has 0 amide bonds. The van der Waals surface area contributed by atoms with E-state index in [0.29, 0.717) is 24.5 Å². The van der Waals surface area contributed by atoms with Crippen molar-refractivity contribution in [3.05, 3.63) is 23.8 Å². The Bertz CT molecular complexity index is 380. The van der Waals surface area contributed by atoms with E-state index >= 15 is 0 Å². The van der Waals surface area contributed by atoms with E-state index in [2.05, 4.69) is 5.92 Å². The van der Waals surface area contributed by atoms with Crippen molar-refractivity contribution in [1.82, 2.24) is 0 Å². The van der Waals surface area contributed by atoms with Crippen molar-refractivity contribution in [2.24, 2.45) is 5.73 Å². The third-order valence-corrected chi connectivity index (χ3v) is 2.22. The highest BCUT2D eigenvalue weighted by Gasteiger charge is 2.07. The van der Waals surface area contributed by atoms with Gasteiger partial charge in [0.25, 0.3) is 0 Å². The summed E-state index contributed by atoms with van der Waals surface area (Å²) in [5.41, 5.74) is 6.80. The smallest absolute Gasteiger partial charge is 0.161 e. The zero-order valence-corrected chi connectivity index (χ0v) is 9.69. The summed E-state index contributed by atoms with van der Waals surface area (Å²) in [6, 6.07) is 5.65. The molecule has 0 saturated heterocycles. The van der Waals surface area contributed by atoms with Gasteiger partial charge in [-0.05, 0) is 24.6 Å². The van der Waals surface area contributed by atoms with Gasteiger partial charge in [-0.1, -0.05) is 6.07 Å². The zero-order chi connectivity index (χ0) is 12.0. The summed E-state index contributed by atoms with van der Waals surface area (Å²) < 4.78 is 10.7. The number of terminal acetylenes is 1. The molecule has 0 bridgehead atoms. The van der Waals surface area contributed by atoms with E-state index in [1.54, 1.807) is 7.11 Å². The first kappa shape index (κ1) is 12.4. The predicted molar refractivity (Wildman–Crippen MR) is 64.5 cm³/mol. The lowest BCUT2D eigenvalue weighted by Gasteiger charge is -2.12. The van der Waals surface area contributed by atoms with Gasteiger partial charge in [-0.3, -0.25) is 0 Å². The molecule has 0 aromatic heterocycles. The monoisotopic (exact) mass is 219 g/mol. The summed E-state index contributed by atoms with van der Waals surface area (Å²) in [5, 5.41) is 0. The molecule has 0 fully saturated rings. The maximum absolute atomic E-state index is 5.79. The van der Waals surface area contributed by atoms with E-state index in [9.17, 15) is 0 Å². The normalized spacial score (nSPS) is 11.6. The van der Waals surface area contributed by atoms with Crippen LogP contribution in [0.15, 0.2) is 18.2 Å². The van der Waals surface area contributed by atoms with Crippen LogP contribution in [-0.2, 0) is 0 Å². The molecular formula is C13H17NO2. The van der Waals surface area contributed by atoms with E-state index < -0.39 is 0 Å². The van der Waals surface area contributed by atoms with Crippen LogP contribution in [0.3, 0.4) is 0 Å². The molecule has 0 spiro atoms. The molecule has 0 radical (unpaired) electrons. The summed E-state index contributed by atoms with van der Waals surface area (Å²) in [6.07, 6.45) is 5.73. The number of hydrogen-bond donors (Lipinski definition) is 1. The largest absolute Gasteiger partial charge is 0.493 e. The maximum Gasteiger partial charge on any atom is 0.161 e. The van der Waals surface area contributed by atoms with Crippen molar-refractivity contribution >= 4 is 0 Å². The fraction of sp³-hybridized carbons (Fsp3) is 0.385. The summed E-state index contributed by atoms with van der Waals surface area (Å²) >= 11 is 0. The van der Waals surface area contributed by atoms with Crippen LogP contribution in [0.4, 0.5) is 0 Å². The lowest BCUT2D eigenvalue weighted by atomic mass is 10.1. The fourth-order valence-corrected chi connectivity index (χ4v) is 1.31. The Kier molecular flexibility index (Phi) is 4.68. The Morgan fingerprint density at radius 3 is 2.75 bits per heavy atom. The third kappa shape index (κ3) is 3.18. The van der Waals surface area contributed by atoms with Crippen LogP contribution >= 0.6 is 0 Å². The topological polar surface area (TPSA) is 44.5 Å². The lowest BCUT2D eigenvalue weighted by molar-refractivity contribution is 0.301. The van der Waals surface area contributed by atoms with Crippen LogP contribution in [0, 0.1) is 12.3 Å². The number of benzene rings is 1. The Balaban J connectivity index is 2.81. The van der Waals surface area contributed by atoms with Gasteiger partial charge in [-0.2, -0.15) is 0 Å². The second-order valence-electron chi connectivity index (χ2n) is 3.50. The molecule has 0 aliphatic rings. The summed E-state index contributed by atoms with van der Waals surface area (Å²) in [6.45, 7) is 2.41. The van der Waals surface area contributed by atoms with Gasteiger partial charge in [-0.15, -0.1) is 12.3 Å². The van der Waals surface area contributed by atoms with Crippen molar-refractivity contribution in [3.8, 4) is 23.8 Å². The number of hydrogen-bond acceptors (Lipinski definition) is 3. The number of methoxy groups -OCH3 is 1. The van der Waals surface area contributed by atoms with E-state index in [-0.39, 0.29) is 6.04 Å². The molecule has 0 heterocycles. The van der Waals surface area contributed by atoms with Gasteiger partial charge in [0.2, 0.25) is 0 Å². The highest BCUT2D eigenvalue weighted by Crippen LogP contribution is 2.29. The molecule has 0 aliphatic heterocycles. The lowest BCUT2D eigenvalue weighted by Crippen LogP contribution is -2.06. The van der Waals surface area contributed by atoms with Crippen molar-refractivity contribution in [2.45, 2.75) is 19.4 Å². The second-order valence-corrected chi connectivity index (χ2v) is 3.50. The molecule has 0 aliphatic carbocycles. The molecule has 1 aromatic rings. The van der Waals surface area contributed by atoms with E-state index in [0.717, 1.165) is 5.56 Å². The summed E-state index contributed by atoms with van der Waals surface area (Å²) in [5.74, 6) is 3.90. The van der Waals surface area contributed by atoms with Crippen LogP contribution in [-0.4, -0.2) is 13.7 Å². The molecule has 0 saturated carbocycles. The van der Waals surface area contributed by atoms with E-state index in [1.165, 1.54) is 0 Å². The summed E-state index contributed by atoms with van der Waals surface area (Å²) in [4.78, 5) is 0. The van der Waals surface area contributed by atoms with Crippen LogP contribution < -0.4 is 15.2 Å².